The van der Waals surface area contributed by atoms with E-state index in [1.807, 2.05) is 0 Å². The van der Waals surface area contributed by atoms with Gasteiger partial charge in [-0.1, -0.05) is 30.3 Å². The average Bonchev–Trinajstić information content (AvgIpc) is 2.77. The number of benzene rings is 1. The van der Waals surface area contributed by atoms with Crippen LogP contribution in [-0.4, -0.2) is 13.1 Å². The molecule has 3 atom stereocenters. The van der Waals surface area contributed by atoms with Gasteiger partial charge in [0.2, 0.25) is 0 Å². The summed E-state index contributed by atoms with van der Waals surface area (Å²) in [6.45, 7) is 2.53. The van der Waals surface area contributed by atoms with E-state index >= 15 is 0 Å². The van der Waals surface area contributed by atoms with Crippen LogP contribution in [0.15, 0.2) is 30.3 Å². The monoisotopic (exact) mass is 201 g/mol. The predicted octanol–water partition coefficient (Wildman–Crippen LogP) is 2.79. The van der Waals surface area contributed by atoms with Crippen molar-refractivity contribution in [2.45, 2.75) is 25.2 Å². The van der Waals surface area contributed by atoms with E-state index in [0.29, 0.717) is 0 Å². The van der Waals surface area contributed by atoms with Gasteiger partial charge in [0.1, 0.15) is 0 Å². The maximum absolute atomic E-state index is 3.54. The summed E-state index contributed by atoms with van der Waals surface area (Å²) in [6.07, 6.45) is 4.23. The number of hydrogen-bond donors (Lipinski definition) is 1. The Bertz CT molecular complexity index is 319. The van der Waals surface area contributed by atoms with Gasteiger partial charge in [-0.2, -0.15) is 0 Å². The summed E-state index contributed by atoms with van der Waals surface area (Å²) in [7, 11) is 0. The van der Waals surface area contributed by atoms with Crippen LogP contribution in [0.3, 0.4) is 0 Å². The Morgan fingerprint density at radius 3 is 2.60 bits per heavy atom. The lowest BCUT2D eigenvalue weighted by Gasteiger charge is -2.31. The lowest BCUT2D eigenvalue weighted by molar-refractivity contribution is 0.270. The molecule has 15 heavy (non-hydrogen) atoms. The smallest absolute Gasteiger partial charge is 0.00171 e. The summed E-state index contributed by atoms with van der Waals surface area (Å²) in [4.78, 5) is 0. The fourth-order valence-corrected chi connectivity index (χ4v) is 3.33. The van der Waals surface area contributed by atoms with Crippen molar-refractivity contribution < 1.29 is 0 Å². The lowest BCUT2D eigenvalue weighted by atomic mass is 9.73. The molecular weight excluding hydrogens is 182 g/mol. The molecule has 0 bridgehead atoms. The largest absolute Gasteiger partial charge is 0.316 e. The van der Waals surface area contributed by atoms with Crippen molar-refractivity contribution in [3.05, 3.63) is 35.9 Å². The van der Waals surface area contributed by atoms with Gasteiger partial charge in [0.05, 0.1) is 0 Å². The third-order valence-electron chi connectivity index (χ3n) is 4.22. The van der Waals surface area contributed by atoms with E-state index in [-0.39, 0.29) is 0 Å². The van der Waals surface area contributed by atoms with Crippen LogP contribution in [0.25, 0.3) is 0 Å². The first-order chi connectivity index (χ1) is 7.43. The van der Waals surface area contributed by atoms with Crippen LogP contribution in [0.1, 0.15) is 30.7 Å². The molecule has 1 aliphatic heterocycles. The van der Waals surface area contributed by atoms with E-state index in [2.05, 4.69) is 35.6 Å². The van der Waals surface area contributed by atoms with Gasteiger partial charge >= 0.3 is 0 Å². The Labute approximate surface area is 91.9 Å². The molecule has 1 heterocycles. The quantitative estimate of drug-likeness (QED) is 0.736. The zero-order valence-corrected chi connectivity index (χ0v) is 9.15. The highest BCUT2D eigenvalue weighted by atomic mass is 14.9. The zero-order valence-electron chi connectivity index (χ0n) is 9.15. The molecule has 1 unspecified atom stereocenters. The van der Waals surface area contributed by atoms with Crippen molar-refractivity contribution in [3.63, 3.8) is 0 Å². The second kappa shape index (κ2) is 3.97. The van der Waals surface area contributed by atoms with Crippen molar-refractivity contribution in [3.8, 4) is 0 Å². The normalized spacial score (nSPS) is 35.1. The molecule has 1 nitrogen and oxygen atoms in total. The molecule has 80 valence electrons. The van der Waals surface area contributed by atoms with Crippen molar-refractivity contribution in [2.75, 3.05) is 13.1 Å². The van der Waals surface area contributed by atoms with Gasteiger partial charge in [-0.3, -0.25) is 0 Å². The Balaban J connectivity index is 1.74. The van der Waals surface area contributed by atoms with E-state index in [1.54, 1.807) is 5.56 Å². The first-order valence-corrected chi connectivity index (χ1v) is 6.19. The minimum Gasteiger partial charge on any atom is -0.316 e. The van der Waals surface area contributed by atoms with Crippen LogP contribution in [0, 0.1) is 11.8 Å². The first-order valence-electron chi connectivity index (χ1n) is 6.19. The van der Waals surface area contributed by atoms with Crippen LogP contribution in [-0.2, 0) is 0 Å². The first kappa shape index (κ1) is 9.41. The molecule has 2 fully saturated rings. The van der Waals surface area contributed by atoms with Gasteiger partial charge in [-0.25, -0.2) is 0 Å². The highest BCUT2D eigenvalue weighted by Gasteiger charge is 2.33. The van der Waals surface area contributed by atoms with Crippen LogP contribution in [0.4, 0.5) is 0 Å². The van der Waals surface area contributed by atoms with Gasteiger partial charge in [0, 0.05) is 0 Å². The molecule has 1 heteroatoms. The molecule has 1 aromatic carbocycles. The highest BCUT2D eigenvalue weighted by molar-refractivity contribution is 5.20. The van der Waals surface area contributed by atoms with Crippen molar-refractivity contribution in [2.24, 2.45) is 11.8 Å². The van der Waals surface area contributed by atoms with Gasteiger partial charge in [0.15, 0.2) is 0 Å². The van der Waals surface area contributed by atoms with Gasteiger partial charge < -0.3 is 5.32 Å². The third kappa shape index (κ3) is 1.81. The fourth-order valence-electron chi connectivity index (χ4n) is 3.33. The van der Waals surface area contributed by atoms with E-state index in [9.17, 15) is 0 Å². The molecule has 0 spiro atoms. The average molecular weight is 201 g/mol. The summed E-state index contributed by atoms with van der Waals surface area (Å²) in [5.74, 6) is 2.75. The summed E-state index contributed by atoms with van der Waals surface area (Å²) in [5, 5.41) is 3.54. The number of fused-ring (bicyclic) bond motifs is 1. The van der Waals surface area contributed by atoms with Gasteiger partial charge in [0.25, 0.3) is 0 Å². The second-order valence-corrected chi connectivity index (χ2v) is 5.10. The molecule has 2 aliphatic rings. The van der Waals surface area contributed by atoms with E-state index < -0.39 is 0 Å². The number of rotatable bonds is 1. The van der Waals surface area contributed by atoms with E-state index in [4.69, 9.17) is 0 Å². The zero-order chi connectivity index (χ0) is 10.1. The topological polar surface area (TPSA) is 12.0 Å². The molecule has 0 radical (unpaired) electrons. The molecule has 1 saturated carbocycles. The molecule has 1 aliphatic carbocycles. The lowest BCUT2D eigenvalue weighted by Crippen LogP contribution is -2.22. The number of nitrogens with one attached hydrogen (secondary N) is 1. The van der Waals surface area contributed by atoms with Gasteiger partial charge in [-0.15, -0.1) is 0 Å². The molecule has 1 saturated heterocycles. The van der Waals surface area contributed by atoms with Gasteiger partial charge in [-0.05, 0) is 55.7 Å². The maximum atomic E-state index is 3.54. The van der Waals surface area contributed by atoms with E-state index in [1.165, 1.54) is 32.4 Å². The molecule has 1 N–H and O–H groups in total. The maximum Gasteiger partial charge on any atom is -0.00171 e. The molecule has 0 aromatic heterocycles. The SMILES string of the molecule is c1ccc(C2CC[C@@H]3CNC[C@@H]3C2)cc1. The molecule has 1 aromatic rings. The minimum absolute atomic E-state index is 0.826. The van der Waals surface area contributed by atoms with Crippen LogP contribution < -0.4 is 5.32 Å². The molecule has 0 amide bonds. The summed E-state index contributed by atoms with van der Waals surface area (Å²) in [6, 6.07) is 11.1. The van der Waals surface area contributed by atoms with Crippen LogP contribution in [0.2, 0.25) is 0 Å². The highest BCUT2D eigenvalue weighted by Crippen LogP contribution is 2.40. The summed E-state index contributed by atoms with van der Waals surface area (Å²) >= 11 is 0. The van der Waals surface area contributed by atoms with Crippen molar-refractivity contribution in [1.29, 1.82) is 0 Å². The Kier molecular flexibility index (Phi) is 2.49. The predicted molar refractivity (Wildman–Crippen MR) is 62.9 cm³/mol. The second-order valence-electron chi connectivity index (χ2n) is 5.10. The molecular formula is C14H19N. The van der Waals surface area contributed by atoms with Crippen molar-refractivity contribution in [1.82, 2.24) is 5.32 Å². The third-order valence-corrected chi connectivity index (χ3v) is 4.22. The Morgan fingerprint density at radius 1 is 0.933 bits per heavy atom. The van der Waals surface area contributed by atoms with E-state index in [0.717, 1.165) is 17.8 Å². The van der Waals surface area contributed by atoms with Crippen LogP contribution in [0.5, 0.6) is 0 Å². The van der Waals surface area contributed by atoms with Crippen molar-refractivity contribution >= 4 is 0 Å². The summed E-state index contributed by atoms with van der Waals surface area (Å²) in [5.41, 5.74) is 1.56. The fraction of sp³-hybridized carbons (Fsp3) is 0.571. The Hall–Kier alpha value is -0.820. The minimum atomic E-state index is 0.826. The Morgan fingerprint density at radius 2 is 1.73 bits per heavy atom. The standard InChI is InChI=1S/C14H19N/c1-2-4-11(5-3-1)12-6-7-13-9-15-10-14(13)8-12/h1-5,12-15H,6-10H2/t12?,13-,14+/m1/s1. The molecule has 3 rings (SSSR count). The van der Waals surface area contributed by atoms with Crippen LogP contribution >= 0.6 is 0 Å². The summed E-state index contributed by atoms with van der Waals surface area (Å²) < 4.78 is 0. The number of hydrogen-bond acceptors (Lipinski definition) is 1.